The Morgan fingerprint density at radius 2 is 1.97 bits per heavy atom. The van der Waals surface area contributed by atoms with Crippen LogP contribution in [-0.2, 0) is 16.1 Å². The van der Waals surface area contributed by atoms with Gasteiger partial charge in [-0.1, -0.05) is 17.7 Å². The first kappa shape index (κ1) is 21.5. The maximum absolute atomic E-state index is 13.8. The van der Waals surface area contributed by atoms with E-state index in [1.165, 1.54) is 25.3 Å². The number of anilines is 1. The molecule has 1 unspecified atom stereocenters. The number of pyridine rings is 1. The first-order valence-corrected chi connectivity index (χ1v) is 10.6. The number of morpholine rings is 1. The van der Waals surface area contributed by atoms with Crippen molar-refractivity contribution in [2.45, 2.75) is 25.9 Å². The summed E-state index contributed by atoms with van der Waals surface area (Å²) < 4.78 is 19.1. The van der Waals surface area contributed by atoms with Crippen LogP contribution in [0, 0.1) is 5.82 Å². The number of fused-ring (bicyclic) bond motifs is 1. The molecule has 2 aliphatic rings. The van der Waals surface area contributed by atoms with E-state index in [1.807, 2.05) is 0 Å². The van der Waals surface area contributed by atoms with Crippen LogP contribution < -0.4 is 5.32 Å². The van der Waals surface area contributed by atoms with Crippen molar-refractivity contribution < 1.29 is 18.7 Å². The predicted molar refractivity (Wildman–Crippen MR) is 114 cm³/mol. The topological polar surface area (TPSA) is 74.8 Å². The van der Waals surface area contributed by atoms with Gasteiger partial charge in [-0.05, 0) is 35.7 Å². The lowest BCUT2D eigenvalue weighted by Gasteiger charge is -2.27. The molecule has 1 fully saturated rings. The molecule has 0 spiro atoms. The molecule has 0 radical (unpaired) electrons. The van der Waals surface area contributed by atoms with E-state index in [9.17, 15) is 14.0 Å². The number of carbonyl (C=O) groups excluding carboxylic acids is 2. The van der Waals surface area contributed by atoms with Gasteiger partial charge in [-0.15, -0.1) is 0 Å². The number of benzene rings is 1. The zero-order chi connectivity index (χ0) is 22.0. The quantitative estimate of drug-likeness (QED) is 0.783. The lowest BCUT2D eigenvalue weighted by molar-refractivity contribution is -0.129. The summed E-state index contributed by atoms with van der Waals surface area (Å²) in [6.07, 6.45) is 2.13. The minimum absolute atomic E-state index is 0.0574. The lowest BCUT2D eigenvalue weighted by Crippen LogP contribution is -2.40. The first-order chi connectivity index (χ1) is 14.9. The number of aromatic nitrogens is 1. The van der Waals surface area contributed by atoms with E-state index in [0.717, 1.165) is 11.1 Å². The van der Waals surface area contributed by atoms with E-state index in [-0.39, 0.29) is 23.7 Å². The van der Waals surface area contributed by atoms with E-state index in [2.05, 4.69) is 10.3 Å². The second-order valence-electron chi connectivity index (χ2n) is 7.73. The average Bonchev–Trinajstić information content (AvgIpc) is 2.94. The van der Waals surface area contributed by atoms with Gasteiger partial charge in [-0.3, -0.25) is 9.59 Å². The van der Waals surface area contributed by atoms with Gasteiger partial charge in [0.1, 0.15) is 11.6 Å². The van der Waals surface area contributed by atoms with Crippen molar-refractivity contribution in [1.29, 1.82) is 0 Å². The molecule has 0 bridgehead atoms. The zero-order valence-electron chi connectivity index (χ0n) is 17.2. The standard InChI is InChI=1S/C22H24ClFN4O3/c1-14(29)28-5-4-20(18-3-2-17(24)10-16(18)13-28)26-21-19(23)11-15(12-25-21)22(30)27-6-8-31-9-7-27/h2-3,10-12,20H,4-9,13H2,1H3,(H,25,26). The van der Waals surface area contributed by atoms with Gasteiger partial charge in [0.05, 0.1) is 29.8 Å². The Morgan fingerprint density at radius 1 is 1.19 bits per heavy atom. The summed E-state index contributed by atoms with van der Waals surface area (Å²) in [6.45, 7) is 4.51. The van der Waals surface area contributed by atoms with E-state index < -0.39 is 0 Å². The lowest BCUT2D eigenvalue weighted by atomic mass is 9.99. The number of carbonyl (C=O) groups is 2. The molecule has 1 atom stereocenters. The van der Waals surface area contributed by atoms with Crippen LogP contribution in [0.1, 0.15) is 40.9 Å². The fourth-order valence-electron chi connectivity index (χ4n) is 3.97. The summed E-state index contributed by atoms with van der Waals surface area (Å²) in [5.41, 5.74) is 2.07. The SMILES string of the molecule is CC(=O)N1CCC(Nc2ncc(C(=O)N3CCOCC3)cc2Cl)c2ccc(F)cc2C1. The van der Waals surface area contributed by atoms with Gasteiger partial charge in [0, 0.05) is 39.3 Å². The summed E-state index contributed by atoms with van der Waals surface area (Å²) in [7, 11) is 0. The van der Waals surface area contributed by atoms with E-state index >= 15 is 0 Å². The molecule has 1 aromatic heterocycles. The van der Waals surface area contributed by atoms with E-state index in [0.29, 0.717) is 62.2 Å². The molecule has 2 amide bonds. The molecule has 0 saturated carbocycles. The van der Waals surface area contributed by atoms with Gasteiger partial charge < -0.3 is 19.9 Å². The van der Waals surface area contributed by atoms with Crippen molar-refractivity contribution in [2.75, 3.05) is 38.2 Å². The summed E-state index contributed by atoms with van der Waals surface area (Å²) >= 11 is 6.46. The van der Waals surface area contributed by atoms with Crippen LogP contribution in [0.15, 0.2) is 30.5 Å². The number of nitrogens with zero attached hydrogens (tertiary/aromatic N) is 3. The number of rotatable bonds is 3. The molecule has 2 aromatic rings. The molecule has 7 nitrogen and oxygen atoms in total. The first-order valence-electron chi connectivity index (χ1n) is 10.3. The molecule has 9 heteroatoms. The fourth-order valence-corrected chi connectivity index (χ4v) is 4.19. The molecule has 164 valence electrons. The highest BCUT2D eigenvalue weighted by atomic mass is 35.5. The smallest absolute Gasteiger partial charge is 0.255 e. The highest BCUT2D eigenvalue weighted by molar-refractivity contribution is 6.33. The molecule has 0 aliphatic carbocycles. The third kappa shape index (κ3) is 4.80. The van der Waals surface area contributed by atoms with Crippen molar-refractivity contribution in [3.63, 3.8) is 0 Å². The second kappa shape index (κ2) is 9.20. The van der Waals surface area contributed by atoms with Crippen LogP contribution >= 0.6 is 11.6 Å². The minimum atomic E-state index is -0.343. The molecule has 3 heterocycles. The molecular weight excluding hydrogens is 423 g/mol. The Morgan fingerprint density at radius 3 is 2.68 bits per heavy atom. The third-order valence-electron chi connectivity index (χ3n) is 5.67. The molecule has 2 aliphatic heterocycles. The van der Waals surface area contributed by atoms with Crippen molar-refractivity contribution >= 4 is 29.2 Å². The maximum atomic E-state index is 13.8. The predicted octanol–water partition coefficient (Wildman–Crippen LogP) is 3.25. The number of halogens is 2. The minimum Gasteiger partial charge on any atom is -0.378 e. The summed E-state index contributed by atoms with van der Waals surface area (Å²) in [5.74, 6) is -0.0867. The van der Waals surface area contributed by atoms with E-state index in [4.69, 9.17) is 16.3 Å². The van der Waals surface area contributed by atoms with Gasteiger partial charge in [0.25, 0.3) is 5.91 Å². The Labute approximate surface area is 185 Å². The highest BCUT2D eigenvalue weighted by Gasteiger charge is 2.25. The van der Waals surface area contributed by atoms with Crippen LogP contribution in [0.3, 0.4) is 0 Å². The number of hydrogen-bond donors (Lipinski definition) is 1. The molecule has 31 heavy (non-hydrogen) atoms. The van der Waals surface area contributed by atoms with Crippen LogP contribution in [0.25, 0.3) is 0 Å². The van der Waals surface area contributed by atoms with Crippen LogP contribution in [0.2, 0.25) is 5.02 Å². The summed E-state index contributed by atoms with van der Waals surface area (Å²) in [5, 5.41) is 3.65. The normalized spacial score (nSPS) is 18.9. The van der Waals surface area contributed by atoms with Gasteiger partial charge in [-0.25, -0.2) is 9.37 Å². The van der Waals surface area contributed by atoms with Gasteiger partial charge >= 0.3 is 0 Å². The number of nitrogens with one attached hydrogen (secondary N) is 1. The Balaban J connectivity index is 1.56. The second-order valence-corrected chi connectivity index (χ2v) is 8.14. The van der Waals surface area contributed by atoms with Crippen molar-refractivity contribution in [1.82, 2.24) is 14.8 Å². The number of ether oxygens (including phenoxy) is 1. The van der Waals surface area contributed by atoms with E-state index in [1.54, 1.807) is 21.9 Å². The van der Waals surface area contributed by atoms with Crippen LogP contribution in [0.5, 0.6) is 0 Å². The molecule has 1 N–H and O–H groups in total. The summed E-state index contributed by atoms with van der Waals surface area (Å²) in [6, 6.07) is 6.01. The third-order valence-corrected chi connectivity index (χ3v) is 5.96. The van der Waals surface area contributed by atoms with Crippen molar-refractivity contribution in [2.24, 2.45) is 0 Å². The van der Waals surface area contributed by atoms with Crippen molar-refractivity contribution in [3.8, 4) is 0 Å². The average molecular weight is 447 g/mol. The fraction of sp³-hybridized carbons (Fsp3) is 0.409. The van der Waals surface area contributed by atoms with Gasteiger partial charge in [-0.2, -0.15) is 0 Å². The highest BCUT2D eigenvalue weighted by Crippen LogP contribution is 2.32. The summed E-state index contributed by atoms with van der Waals surface area (Å²) in [4.78, 5) is 32.4. The van der Waals surface area contributed by atoms with Crippen LogP contribution in [0.4, 0.5) is 10.2 Å². The monoisotopic (exact) mass is 446 g/mol. The number of hydrogen-bond acceptors (Lipinski definition) is 5. The van der Waals surface area contributed by atoms with Gasteiger partial charge in [0.2, 0.25) is 5.91 Å². The van der Waals surface area contributed by atoms with Gasteiger partial charge in [0.15, 0.2) is 0 Å². The van der Waals surface area contributed by atoms with Crippen LogP contribution in [-0.4, -0.2) is 59.4 Å². The zero-order valence-corrected chi connectivity index (χ0v) is 18.0. The Kier molecular flexibility index (Phi) is 6.38. The maximum Gasteiger partial charge on any atom is 0.255 e. The van der Waals surface area contributed by atoms with Crippen molar-refractivity contribution in [3.05, 3.63) is 58.0 Å². The molecule has 4 rings (SSSR count). The Hall–Kier alpha value is -2.71. The Bertz CT molecular complexity index is 997. The molecular formula is C22H24ClFN4O3. The molecule has 1 aromatic carbocycles. The largest absolute Gasteiger partial charge is 0.378 e. The number of amides is 2. The molecule has 1 saturated heterocycles.